The zero-order valence-electron chi connectivity index (χ0n) is 27.6. The molecule has 1 fully saturated rings. The molecule has 0 unspecified atom stereocenters. The van der Waals surface area contributed by atoms with E-state index in [1.54, 1.807) is 84.0 Å². The number of halogens is 2. The number of fused-ring (bicyclic) bond motifs is 1. The fourth-order valence-electron chi connectivity index (χ4n) is 6.56. The molecule has 4 aromatic heterocycles. The van der Waals surface area contributed by atoms with Gasteiger partial charge in [-0.2, -0.15) is 0 Å². The van der Waals surface area contributed by atoms with Crippen molar-refractivity contribution in [3.8, 4) is 22.6 Å². The first-order valence-corrected chi connectivity index (χ1v) is 16.6. The number of nitrogens with zero attached hydrogens (tertiary/aromatic N) is 8. The molecule has 2 aliphatic rings. The van der Waals surface area contributed by atoms with E-state index >= 15 is 4.39 Å². The molecule has 50 heavy (non-hydrogen) atoms. The number of hydrogen-bond donors (Lipinski definition) is 1. The van der Waals surface area contributed by atoms with E-state index in [9.17, 15) is 9.59 Å². The number of hydrogen-bond acceptors (Lipinski definition) is 9. The van der Waals surface area contributed by atoms with Gasteiger partial charge < -0.3 is 29.2 Å². The monoisotopic (exact) mass is 699 g/mol. The third-order valence-corrected chi connectivity index (χ3v) is 9.35. The Morgan fingerprint density at radius 2 is 1.78 bits per heavy atom. The zero-order chi connectivity index (χ0) is 34.8. The van der Waals surface area contributed by atoms with Crippen LogP contribution in [0, 0.1) is 5.82 Å². The largest absolute Gasteiger partial charge is 0.494 e. The number of aromatic nitrogens is 6. The maximum atomic E-state index is 16.7. The predicted octanol–water partition coefficient (Wildman–Crippen LogP) is 4.69. The lowest BCUT2D eigenvalue weighted by atomic mass is 9.93. The van der Waals surface area contributed by atoms with Crippen molar-refractivity contribution in [3.63, 3.8) is 0 Å². The number of aromatic amines is 1. The quantitative estimate of drug-likeness (QED) is 0.233. The maximum absolute atomic E-state index is 16.7. The summed E-state index contributed by atoms with van der Waals surface area (Å²) in [6.07, 6.45) is 10.9. The second-order valence-electron chi connectivity index (χ2n) is 12.0. The van der Waals surface area contributed by atoms with Crippen molar-refractivity contribution in [1.82, 2.24) is 39.7 Å². The minimum Gasteiger partial charge on any atom is -0.494 e. The van der Waals surface area contributed by atoms with Crippen LogP contribution in [-0.4, -0.2) is 105 Å². The molecule has 7 rings (SSSR count). The fraction of sp³-hybridized carbons (Fsp3) is 0.314. The number of H-pyrrole nitrogens is 1. The van der Waals surface area contributed by atoms with Crippen molar-refractivity contribution in [2.75, 3.05) is 58.4 Å². The average molecular weight is 700 g/mol. The van der Waals surface area contributed by atoms with Gasteiger partial charge in [0.1, 0.15) is 11.4 Å². The molecule has 1 saturated heterocycles. The molecule has 258 valence electrons. The lowest BCUT2D eigenvalue weighted by Crippen LogP contribution is -2.49. The highest BCUT2D eigenvalue weighted by Gasteiger charge is 2.29. The fourth-order valence-corrected chi connectivity index (χ4v) is 6.71. The Balaban J connectivity index is 1.18. The normalized spacial score (nSPS) is 15.0. The van der Waals surface area contributed by atoms with Gasteiger partial charge in [0, 0.05) is 86.9 Å². The lowest BCUT2D eigenvalue weighted by Gasteiger charge is -2.35. The third-order valence-electron chi connectivity index (χ3n) is 9.14. The van der Waals surface area contributed by atoms with E-state index in [1.807, 2.05) is 11.0 Å². The van der Waals surface area contributed by atoms with Crippen LogP contribution >= 0.6 is 11.6 Å². The van der Waals surface area contributed by atoms with E-state index in [4.69, 9.17) is 21.1 Å². The molecule has 2 amide bonds. The topological polar surface area (TPSA) is 135 Å². The van der Waals surface area contributed by atoms with Crippen LogP contribution in [0.3, 0.4) is 0 Å². The van der Waals surface area contributed by atoms with Gasteiger partial charge in [0.05, 0.1) is 43.7 Å². The molecule has 13 nitrogen and oxygen atoms in total. The summed E-state index contributed by atoms with van der Waals surface area (Å²) in [5.74, 6) is 0.932. The van der Waals surface area contributed by atoms with Crippen LogP contribution in [0.25, 0.3) is 27.6 Å². The highest BCUT2D eigenvalue weighted by Crippen LogP contribution is 2.40. The van der Waals surface area contributed by atoms with Crippen molar-refractivity contribution in [1.29, 1.82) is 0 Å². The Morgan fingerprint density at radius 1 is 0.960 bits per heavy atom. The van der Waals surface area contributed by atoms with Gasteiger partial charge in [0.15, 0.2) is 17.4 Å². The summed E-state index contributed by atoms with van der Waals surface area (Å²) in [7, 11) is 3.12. The highest BCUT2D eigenvalue weighted by atomic mass is 35.5. The molecule has 0 atom stereocenters. The first kappa shape index (κ1) is 33.0. The van der Waals surface area contributed by atoms with Crippen molar-refractivity contribution in [2.45, 2.75) is 19.4 Å². The summed E-state index contributed by atoms with van der Waals surface area (Å²) < 4.78 is 29.4. The molecule has 0 spiro atoms. The summed E-state index contributed by atoms with van der Waals surface area (Å²) in [6, 6.07) is 6.99. The van der Waals surface area contributed by atoms with Gasteiger partial charge in [-0.15, -0.1) is 5.10 Å². The van der Waals surface area contributed by atoms with Crippen LogP contribution in [0.5, 0.6) is 11.5 Å². The maximum Gasteiger partial charge on any atom is 0.270 e. The van der Waals surface area contributed by atoms with E-state index in [2.05, 4.69) is 25.3 Å². The smallest absolute Gasteiger partial charge is 0.270 e. The molecule has 1 N–H and O–H groups in total. The molecule has 1 aromatic carbocycles. The molecule has 2 aliphatic heterocycles. The number of pyridine rings is 2. The van der Waals surface area contributed by atoms with Crippen molar-refractivity contribution in [3.05, 3.63) is 83.4 Å². The van der Waals surface area contributed by atoms with Crippen LogP contribution in [0.4, 0.5) is 10.2 Å². The molecular formula is C35H35ClFN9O4. The number of aryl methyl sites for hydroxylation is 1. The van der Waals surface area contributed by atoms with Gasteiger partial charge in [-0.05, 0) is 35.8 Å². The van der Waals surface area contributed by atoms with E-state index < -0.39 is 5.82 Å². The minimum atomic E-state index is -0.496. The summed E-state index contributed by atoms with van der Waals surface area (Å²) in [5, 5.41) is 8.73. The van der Waals surface area contributed by atoms with Crippen molar-refractivity contribution < 1.29 is 23.5 Å². The number of benzene rings is 1. The standard InChI is InChI=1S/C35H35ClFN9O4/c1-49-29-16-23(36)19-39-34(29)43-12-14-44(15-13-43)35(48)28-18-27-26(24-5-7-38-20-30(24)50-2)17-25(32(37)33(27)41-28)22-4-3-9-45(21-22)31(47)6-10-46-11-8-40-42-46/h4-5,7-8,11,16-20,41H,3,6,9-10,12-15,21H2,1-2H3. The number of ether oxygens (including phenoxy) is 2. The van der Waals surface area contributed by atoms with Crippen LogP contribution in [-0.2, 0) is 11.3 Å². The summed E-state index contributed by atoms with van der Waals surface area (Å²) in [6.45, 7) is 3.08. The molecule has 0 radical (unpaired) electrons. The summed E-state index contributed by atoms with van der Waals surface area (Å²) in [5.41, 5.74) is 2.87. The van der Waals surface area contributed by atoms with Crippen molar-refractivity contribution in [2.24, 2.45) is 0 Å². The number of nitrogens with one attached hydrogen (secondary N) is 1. The predicted molar refractivity (Wildman–Crippen MR) is 186 cm³/mol. The highest BCUT2D eigenvalue weighted by molar-refractivity contribution is 6.30. The van der Waals surface area contributed by atoms with Gasteiger partial charge in [0.25, 0.3) is 5.91 Å². The molecular weight excluding hydrogens is 665 g/mol. The lowest BCUT2D eigenvalue weighted by molar-refractivity contribution is -0.131. The van der Waals surface area contributed by atoms with Gasteiger partial charge >= 0.3 is 0 Å². The second-order valence-corrected chi connectivity index (χ2v) is 12.5. The number of amides is 2. The van der Waals surface area contributed by atoms with Crippen LogP contribution in [0.1, 0.15) is 28.9 Å². The number of carbonyl (C=O) groups is 2. The molecule has 6 heterocycles. The summed E-state index contributed by atoms with van der Waals surface area (Å²) >= 11 is 6.10. The SMILES string of the molecule is COc1cnccc1-c1cc(C2=CCCN(C(=O)CCn3ccnn3)C2)c(F)c2[nH]c(C(=O)N3CCN(c4ncc(Cl)cc4OC)CC3)cc12. The number of piperazine rings is 1. The van der Waals surface area contributed by atoms with Gasteiger partial charge in [-0.3, -0.25) is 19.3 Å². The van der Waals surface area contributed by atoms with Crippen LogP contribution in [0.2, 0.25) is 5.02 Å². The Morgan fingerprint density at radius 3 is 2.54 bits per heavy atom. The average Bonchev–Trinajstić information content (AvgIpc) is 3.85. The molecule has 0 aliphatic carbocycles. The van der Waals surface area contributed by atoms with Gasteiger partial charge in [-0.25, -0.2) is 9.37 Å². The minimum absolute atomic E-state index is 0.0539. The Hall–Kier alpha value is -5.50. The van der Waals surface area contributed by atoms with E-state index in [0.717, 1.165) is 0 Å². The molecule has 0 bridgehead atoms. The van der Waals surface area contributed by atoms with Crippen molar-refractivity contribution >= 4 is 45.7 Å². The second kappa shape index (κ2) is 14.2. The van der Waals surface area contributed by atoms with E-state index in [0.29, 0.717) is 95.7 Å². The van der Waals surface area contributed by atoms with E-state index in [-0.39, 0.29) is 36.0 Å². The number of methoxy groups -OCH3 is 2. The zero-order valence-corrected chi connectivity index (χ0v) is 28.4. The molecule has 5 aromatic rings. The first-order chi connectivity index (χ1) is 24.3. The third kappa shape index (κ3) is 6.45. The van der Waals surface area contributed by atoms with Gasteiger partial charge in [0.2, 0.25) is 5.91 Å². The van der Waals surface area contributed by atoms with Crippen LogP contribution < -0.4 is 14.4 Å². The van der Waals surface area contributed by atoms with E-state index in [1.165, 1.54) is 0 Å². The van der Waals surface area contributed by atoms with Gasteiger partial charge in [-0.1, -0.05) is 22.9 Å². The Labute approximate surface area is 292 Å². The number of anilines is 1. The molecule has 15 heteroatoms. The first-order valence-electron chi connectivity index (χ1n) is 16.2. The summed E-state index contributed by atoms with van der Waals surface area (Å²) in [4.78, 5) is 44.4. The Kier molecular flexibility index (Phi) is 9.35. The van der Waals surface area contributed by atoms with Crippen LogP contribution in [0.15, 0.2) is 61.3 Å². The Bertz CT molecular complexity index is 2080. The number of carbonyl (C=O) groups excluding carboxylic acids is 2. The molecule has 0 saturated carbocycles. The number of rotatable bonds is 9.